The third-order valence-electron chi connectivity index (χ3n) is 1.77. The quantitative estimate of drug-likeness (QED) is 0.832. The third kappa shape index (κ3) is 4.59. The second-order valence-corrected chi connectivity index (χ2v) is 3.61. The Morgan fingerprint density at radius 3 is 2.25 bits per heavy atom. The van der Waals surface area contributed by atoms with Gasteiger partial charge in [-0.05, 0) is 5.56 Å². The molecule has 0 atom stereocenters. The molecular formula is C10H10F3NOS. The van der Waals surface area contributed by atoms with Gasteiger partial charge in [0.2, 0.25) is 0 Å². The maximum Gasteiger partial charge on any atom is 0.411 e. The number of ether oxygens (including phenoxy) is 1. The molecule has 2 N–H and O–H groups in total. The van der Waals surface area contributed by atoms with E-state index in [1.807, 2.05) is 0 Å². The average Bonchev–Trinajstić information content (AvgIpc) is 2.16. The molecule has 16 heavy (non-hydrogen) atoms. The number of benzene rings is 1. The molecule has 2 nitrogen and oxygen atoms in total. The molecule has 0 spiro atoms. The monoisotopic (exact) mass is 249 g/mol. The molecule has 0 unspecified atom stereocenters. The molecular weight excluding hydrogens is 239 g/mol. The van der Waals surface area contributed by atoms with E-state index in [0.717, 1.165) is 0 Å². The Morgan fingerprint density at radius 2 is 1.81 bits per heavy atom. The highest BCUT2D eigenvalue weighted by Gasteiger charge is 2.27. The second kappa shape index (κ2) is 5.27. The molecule has 0 aliphatic rings. The van der Waals surface area contributed by atoms with Crippen molar-refractivity contribution in [2.45, 2.75) is 12.8 Å². The Hall–Kier alpha value is -1.14. The predicted molar refractivity (Wildman–Crippen MR) is 58.0 cm³/mol. The van der Waals surface area contributed by atoms with Crippen LogP contribution in [0.3, 0.4) is 0 Å². The molecule has 0 amide bonds. The number of halogens is 3. The number of nitrogens with two attached hydrogens (primary N) is 1. The van der Waals surface area contributed by atoms with Gasteiger partial charge in [-0.15, -0.1) is 0 Å². The van der Waals surface area contributed by atoms with Crippen LogP contribution in [-0.4, -0.2) is 17.8 Å². The van der Waals surface area contributed by atoms with Gasteiger partial charge in [0.1, 0.15) is 11.6 Å². The molecule has 0 saturated heterocycles. The molecule has 0 aliphatic heterocycles. The van der Waals surface area contributed by atoms with Crippen molar-refractivity contribution in [3.05, 3.63) is 35.4 Å². The summed E-state index contributed by atoms with van der Waals surface area (Å²) in [6, 6.07) is 6.55. The lowest BCUT2D eigenvalue weighted by atomic mass is 10.1. The Labute approximate surface area is 96.2 Å². The Kier molecular flexibility index (Phi) is 4.26. The van der Waals surface area contributed by atoms with Gasteiger partial charge in [-0.25, -0.2) is 0 Å². The van der Waals surface area contributed by atoms with Crippen molar-refractivity contribution in [1.82, 2.24) is 0 Å². The fourth-order valence-corrected chi connectivity index (χ4v) is 1.19. The predicted octanol–water partition coefficient (Wildman–Crippen LogP) is 2.40. The zero-order valence-corrected chi connectivity index (χ0v) is 9.07. The highest BCUT2D eigenvalue weighted by atomic mass is 32.1. The summed E-state index contributed by atoms with van der Waals surface area (Å²) < 4.78 is 39.8. The van der Waals surface area contributed by atoms with Crippen LogP contribution >= 0.6 is 12.2 Å². The summed E-state index contributed by atoms with van der Waals surface area (Å²) in [7, 11) is 0. The Bertz CT molecular complexity index is 361. The molecule has 0 radical (unpaired) electrons. The minimum atomic E-state index is -4.29. The van der Waals surface area contributed by atoms with Crippen LogP contribution in [0.2, 0.25) is 0 Å². The molecule has 1 aromatic rings. The molecule has 1 rings (SSSR count). The molecule has 0 saturated carbocycles. The van der Waals surface area contributed by atoms with E-state index in [2.05, 4.69) is 4.74 Å². The van der Waals surface area contributed by atoms with Crippen LogP contribution in [0.15, 0.2) is 24.3 Å². The summed E-state index contributed by atoms with van der Waals surface area (Å²) in [6.45, 7) is -1.33. The number of thiocarbonyl (C=S) groups is 1. The van der Waals surface area contributed by atoms with Crippen LogP contribution in [0, 0.1) is 0 Å². The van der Waals surface area contributed by atoms with Crippen molar-refractivity contribution in [1.29, 1.82) is 0 Å². The van der Waals surface area contributed by atoms with Gasteiger partial charge in [-0.3, -0.25) is 0 Å². The smallest absolute Gasteiger partial charge is 0.389 e. The van der Waals surface area contributed by atoms with Crippen molar-refractivity contribution in [3.8, 4) is 0 Å². The van der Waals surface area contributed by atoms with Crippen molar-refractivity contribution in [3.63, 3.8) is 0 Å². The fraction of sp³-hybridized carbons (Fsp3) is 0.300. The summed E-state index contributed by atoms with van der Waals surface area (Å²) in [4.78, 5) is 0.253. The van der Waals surface area contributed by atoms with Crippen molar-refractivity contribution in [2.24, 2.45) is 5.73 Å². The van der Waals surface area contributed by atoms with Gasteiger partial charge >= 0.3 is 6.18 Å². The maximum absolute atomic E-state index is 11.8. The third-order valence-corrected chi connectivity index (χ3v) is 2.01. The van der Waals surface area contributed by atoms with Crippen LogP contribution in [0.1, 0.15) is 11.1 Å². The van der Waals surface area contributed by atoms with E-state index in [1.165, 1.54) is 0 Å². The van der Waals surface area contributed by atoms with E-state index in [9.17, 15) is 13.2 Å². The van der Waals surface area contributed by atoms with Crippen LogP contribution in [0.25, 0.3) is 0 Å². The standard InChI is InChI=1S/C10H10F3NOS/c11-10(12,13)6-15-5-7-1-3-8(4-2-7)9(14)16/h1-4H,5-6H2,(H2,14,16). The zero-order valence-electron chi connectivity index (χ0n) is 8.25. The van der Waals surface area contributed by atoms with Gasteiger partial charge in [-0.2, -0.15) is 13.2 Å². The summed E-state index contributed by atoms with van der Waals surface area (Å²) in [5, 5.41) is 0. The van der Waals surface area contributed by atoms with Crippen molar-refractivity contribution in [2.75, 3.05) is 6.61 Å². The van der Waals surface area contributed by atoms with Gasteiger partial charge in [0.15, 0.2) is 0 Å². The first-order valence-electron chi connectivity index (χ1n) is 4.42. The Morgan fingerprint density at radius 1 is 1.25 bits per heavy atom. The van der Waals surface area contributed by atoms with E-state index in [0.29, 0.717) is 11.1 Å². The molecule has 0 aliphatic carbocycles. The topological polar surface area (TPSA) is 35.2 Å². The fourth-order valence-electron chi connectivity index (χ4n) is 1.05. The Balaban J connectivity index is 2.47. The number of hydrogen-bond donors (Lipinski definition) is 1. The molecule has 88 valence electrons. The lowest BCUT2D eigenvalue weighted by Crippen LogP contribution is -2.16. The van der Waals surface area contributed by atoms with Crippen molar-refractivity contribution < 1.29 is 17.9 Å². The van der Waals surface area contributed by atoms with E-state index in [-0.39, 0.29) is 11.6 Å². The van der Waals surface area contributed by atoms with Gasteiger partial charge in [0.05, 0.1) is 6.61 Å². The van der Waals surface area contributed by atoms with Crippen LogP contribution < -0.4 is 5.73 Å². The van der Waals surface area contributed by atoms with Gasteiger partial charge in [-0.1, -0.05) is 36.5 Å². The normalized spacial score (nSPS) is 11.4. The molecule has 0 heterocycles. The highest BCUT2D eigenvalue weighted by molar-refractivity contribution is 7.80. The van der Waals surface area contributed by atoms with Gasteiger partial charge in [0, 0.05) is 5.56 Å². The first kappa shape index (κ1) is 12.9. The second-order valence-electron chi connectivity index (χ2n) is 3.17. The van der Waals surface area contributed by atoms with E-state index in [1.54, 1.807) is 24.3 Å². The van der Waals surface area contributed by atoms with E-state index >= 15 is 0 Å². The lowest BCUT2D eigenvalue weighted by Gasteiger charge is -2.07. The van der Waals surface area contributed by atoms with Crippen LogP contribution in [0.4, 0.5) is 13.2 Å². The number of alkyl halides is 3. The summed E-state index contributed by atoms with van der Waals surface area (Å²) in [5.41, 5.74) is 6.69. The largest absolute Gasteiger partial charge is 0.411 e. The van der Waals surface area contributed by atoms with E-state index in [4.69, 9.17) is 18.0 Å². The number of rotatable bonds is 4. The van der Waals surface area contributed by atoms with E-state index < -0.39 is 12.8 Å². The summed E-state index contributed by atoms with van der Waals surface area (Å²) in [5.74, 6) is 0. The van der Waals surface area contributed by atoms with Gasteiger partial charge in [0.25, 0.3) is 0 Å². The SMILES string of the molecule is NC(=S)c1ccc(COCC(F)(F)F)cc1. The molecule has 0 bridgehead atoms. The molecule has 0 fully saturated rings. The summed E-state index contributed by atoms with van der Waals surface area (Å²) in [6.07, 6.45) is -4.29. The van der Waals surface area contributed by atoms with Crippen LogP contribution in [-0.2, 0) is 11.3 Å². The van der Waals surface area contributed by atoms with Crippen LogP contribution in [0.5, 0.6) is 0 Å². The minimum Gasteiger partial charge on any atom is -0.389 e. The molecule has 0 aromatic heterocycles. The molecule has 6 heteroatoms. The highest BCUT2D eigenvalue weighted by Crippen LogP contribution is 2.15. The van der Waals surface area contributed by atoms with Gasteiger partial charge < -0.3 is 10.5 Å². The van der Waals surface area contributed by atoms with Crippen molar-refractivity contribution >= 4 is 17.2 Å². The average molecular weight is 249 g/mol. The lowest BCUT2D eigenvalue weighted by molar-refractivity contribution is -0.176. The first-order valence-corrected chi connectivity index (χ1v) is 4.82. The maximum atomic E-state index is 11.8. The molecule has 1 aromatic carbocycles. The summed E-state index contributed by atoms with van der Waals surface area (Å²) >= 11 is 4.74. The first-order chi connectivity index (χ1) is 7.38. The zero-order chi connectivity index (χ0) is 12.2. The number of hydrogen-bond acceptors (Lipinski definition) is 2. The minimum absolute atomic E-state index is 0.0862.